The molecule has 1 saturated carbocycles. The van der Waals surface area contributed by atoms with Crippen LogP contribution in [0.1, 0.15) is 49.7 Å². The van der Waals surface area contributed by atoms with Crippen LogP contribution < -0.4 is 4.90 Å². The molecule has 2 fully saturated rings. The molecule has 0 unspecified atom stereocenters. The molecule has 1 saturated heterocycles. The summed E-state index contributed by atoms with van der Waals surface area (Å²) in [6.45, 7) is 2.12. The van der Waals surface area contributed by atoms with Gasteiger partial charge in [0.1, 0.15) is 6.07 Å². The van der Waals surface area contributed by atoms with Gasteiger partial charge in [0, 0.05) is 13.1 Å². The Morgan fingerprint density at radius 2 is 1.85 bits per heavy atom. The second-order valence-corrected chi connectivity index (χ2v) is 6.32. The Labute approximate surface area is 120 Å². The van der Waals surface area contributed by atoms with E-state index in [9.17, 15) is 10.4 Å². The van der Waals surface area contributed by atoms with Crippen LogP contribution in [-0.4, -0.2) is 18.2 Å². The number of nitrogens with zero attached hydrogens (tertiary/aromatic N) is 2. The molecule has 3 rings (SSSR count). The van der Waals surface area contributed by atoms with E-state index >= 15 is 0 Å². The Morgan fingerprint density at radius 3 is 2.45 bits per heavy atom. The summed E-state index contributed by atoms with van der Waals surface area (Å²) in [5.41, 5.74) is 3.15. The molecular formula is C17H22N2O. The largest absolute Gasteiger partial charge is 0.392 e. The molecule has 1 aromatic carbocycles. The topological polar surface area (TPSA) is 47.3 Å². The summed E-state index contributed by atoms with van der Waals surface area (Å²) in [5.74, 6) is 0. The quantitative estimate of drug-likeness (QED) is 0.897. The lowest BCUT2D eigenvalue weighted by Crippen LogP contribution is -2.39. The standard InChI is InChI=1S/C17H22N2O/c18-12-15-11-14(13-20)3-4-16(15)19-9-7-17(8-10-19)5-1-2-6-17/h3-4,11,20H,1-2,5-10,13H2. The number of anilines is 1. The third kappa shape index (κ3) is 2.41. The fraction of sp³-hybridized carbons (Fsp3) is 0.588. The van der Waals surface area contributed by atoms with Crippen molar-refractivity contribution in [3.8, 4) is 6.07 Å². The van der Waals surface area contributed by atoms with Crippen LogP contribution >= 0.6 is 0 Å². The fourth-order valence-corrected chi connectivity index (χ4v) is 3.89. The van der Waals surface area contributed by atoms with Gasteiger partial charge in [-0.15, -0.1) is 0 Å². The molecule has 106 valence electrons. The zero-order valence-corrected chi connectivity index (χ0v) is 11.9. The summed E-state index contributed by atoms with van der Waals surface area (Å²) >= 11 is 0. The first-order valence-corrected chi connectivity index (χ1v) is 7.65. The summed E-state index contributed by atoms with van der Waals surface area (Å²) in [6.07, 6.45) is 8.12. The van der Waals surface area contributed by atoms with Crippen molar-refractivity contribution < 1.29 is 5.11 Å². The van der Waals surface area contributed by atoms with Crippen LogP contribution in [0.3, 0.4) is 0 Å². The first kappa shape index (κ1) is 13.5. The Kier molecular flexibility index (Phi) is 3.67. The van der Waals surface area contributed by atoms with Crippen molar-refractivity contribution in [2.45, 2.75) is 45.1 Å². The maximum absolute atomic E-state index is 9.32. The molecule has 0 radical (unpaired) electrons. The monoisotopic (exact) mass is 270 g/mol. The van der Waals surface area contributed by atoms with Crippen LogP contribution in [0.25, 0.3) is 0 Å². The van der Waals surface area contributed by atoms with Crippen LogP contribution in [-0.2, 0) is 6.61 Å². The molecule has 1 N–H and O–H groups in total. The van der Waals surface area contributed by atoms with E-state index in [2.05, 4.69) is 11.0 Å². The number of hydrogen-bond donors (Lipinski definition) is 1. The van der Waals surface area contributed by atoms with Gasteiger partial charge in [-0.2, -0.15) is 5.26 Å². The highest BCUT2D eigenvalue weighted by atomic mass is 16.3. The Bertz CT molecular complexity index is 516. The molecule has 3 nitrogen and oxygen atoms in total. The molecule has 2 aliphatic rings. The molecule has 0 atom stereocenters. The molecule has 3 heteroatoms. The van der Waals surface area contributed by atoms with Crippen molar-refractivity contribution in [3.05, 3.63) is 29.3 Å². The first-order chi connectivity index (χ1) is 9.76. The Balaban J connectivity index is 1.76. The molecule has 1 aliphatic carbocycles. The van der Waals surface area contributed by atoms with Crippen LogP contribution in [0.5, 0.6) is 0 Å². The van der Waals surface area contributed by atoms with Gasteiger partial charge in [-0.3, -0.25) is 0 Å². The van der Waals surface area contributed by atoms with Gasteiger partial charge in [0.2, 0.25) is 0 Å². The smallest absolute Gasteiger partial charge is 0.101 e. The van der Waals surface area contributed by atoms with Gasteiger partial charge in [0.15, 0.2) is 0 Å². The van der Waals surface area contributed by atoms with Crippen molar-refractivity contribution in [2.24, 2.45) is 5.41 Å². The Hall–Kier alpha value is -1.53. The first-order valence-electron chi connectivity index (χ1n) is 7.65. The van der Waals surface area contributed by atoms with E-state index in [1.54, 1.807) is 0 Å². The maximum atomic E-state index is 9.32. The number of hydrogen-bond acceptors (Lipinski definition) is 3. The predicted molar refractivity (Wildman–Crippen MR) is 79.4 cm³/mol. The van der Waals surface area contributed by atoms with E-state index in [-0.39, 0.29) is 6.61 Å². The summed E-state index contributed by atoms with van der Waals surface area (Å²) in [4.78, 5) is 2.35. The number of rotatable bonds is 2. The predicted octanol–water partition coefficient (Wildman–Crippen LogP) is 3.21. The summed E-state index contributed by atoms with van der Waals surface area (Å²) in [6, 6.07) is 8.01. The highest BCUT2D eigenvalue weighted by Crippen LogP contribution is 2.46. The van der Waals surface area contributed by atoms with Crippen molar-refractivity contribution in [1.82, 2.24) is 0 Å². The zero-order valence-electron chi connectivity index (χ0n) is 11.9. The van der Waals surface area contributed by atoms with Gasteiger partial charge < -0.3 is 10.0 Å². The highest BCUT2D eigenvalue weighted by Gasteiger charge is 2.37. The number of aliphatic hydroxyl groups excluding tert-OH is 1. The molecule has 0 bridgehead atoms. The second kappa shape index (κ2) is 5.46. The number of aliphatic hydroxyl groups is 1. The molecule has 20 heavy (non-hydrogen) atoms. The van der Waals surface area contributed by atoms with E-state index in [0.29, 0.717) is 11.0 Å². The molecule has 0 aromatic heterocycles. The average Bonchev–Trinajstić information content (AvgIpc) is 2.96. The van der Waals surface area contributed by atoms with Crippen molar-refractivity contribution in [3.63, 3.8) is 0 Å². The van der Waals surface area contributed by atoms with Gasteiger partial charge in [0.05, 0.1) is 17.9 Å². The zero-order chi connectivity index (χ0) is 14.0. The number of benzene rings is 1. The van der Waals surface area contributed by atoms with Gasteiger partial charge >= 0.3 is 0 Å². The summed E-state index contributed by atoms with van der Waals surface area (Å²) in [7, 11) is 0. The van der Waals surface area contributed by atoms with Gasteiger partial charge in [-0.05, 0) is 48.8 Å². The number of piperidine rings is 1. The van der Waals surface area contributed by atoms with Gasteiger partial charge in [-0.1, -0.05) is 18.9 Å². The van der Waals surface area contributed by atoms with Crippen LogP contribution in [0.15, 0.2) is 18.2 Å². The van der Waals surface area contributed by atoms with Gasteiger partial charge in [-0.25, -0.2) is 0 Å². The Morgan fingerprint density at radius 1 is 1.15 bits per heavy atom. The molecule has 1 aromatic rings. The van der Waals surface area contributed by atoms with E-state index in [1.165, 1.54) is 38.5 Å². The average molecular weight is 270 g/mol. The lowest BCUT2D eigenvalue weighted by molar-refractivity contribution is 0.226. The number of nitriles is 1. The highest BCUT2D eigenvalue weighted by molar-refractivity contribution is 5.60. The van der Waals surface area contributed by atoms with E-state index in [4.69, 9.17) is 0 Å². The van der Waals surface area contributed by atoms with Crippen molar-refractivity contribution in [1.29, 1.82) is 5.26 Å². The second-order valence-electron chi connectivity index (χ2n) is 6.32. The van der Waals surface area contributed by atoms with Crippen LogP contribution in [0, 0.1) is 16.7 Å². The lowest BCUT2D eigenvalue weighted by atomic mass is 9.77. The lowest BCUT2D eigenvalue weighted by Gasteiger charge is -2.40. The maximum Gasteiger partial charge on any atom is 0.101 e. The molecular weight excluding hydrogens is 248 g/mol. The fourth-order valence-electron chi connectivity index (χ4n) is 3.89. The minimum Gasteiger partial charge on any atom is -0.392 e. The van der Waals surface area contributed by atoms with Crippen LogP contribution in [0.2, 0.25) is 0 Å². The van der Waals surface area contributed by atoms with Crippen LogP contribution in [0.4, 0.5) is 5.69 Å². The molecule has 1 aliphatic heterocycles. The van der Waals surface area contributed by atoms with E-state index in [1.807, 2.05) is 18.2 Å². The van der Waals surface area contributed by atoms with E-state index < -0.39 is 0 Å². The minimum absolute atomic E-state index is 0.00191. The SMILES string of the molecule is N#Cc1cc(CO)ccc1N1CCC2(CCCC2)CC1. The third-order valence-electron chi connectivity index (χ3n) is 5.19. The third-order valence-corrected chi connectivity index (χ3v) is 5.19. The van der Waals surface area contributed by atoms with Gasteiger partial charge in [0.25, 0.3) is 0 Å². The normalized spacial score (nSPS) is 21.1. The minimum atomic E-state index is -0.00191. The summed E-state index contributed by atoms with van der Waals surface area (Å²) in [5, 5.41) is 18.5. The molecule has 1 heterocycles. The molecule has 1 spiro atoms. The van der Waals surface area contributed by atoms with Crippen molar-refractivity contribution >= 4 is 5.69 Å². The molecule has 0 amide bonds. The van der Waals surface area contributed by atoms with Crippen molar-refractivity contribution in [2.75, 3.05) is 18.0 Å². The summed E-state index contributed by atoms with van der Waals surface area (Å²) < 4.78 is 0. The van der Waals surface area contributed by atoms with E-state index in [0.717, 1.165) is 24.3 Å².